The Bertz CT molecular complexity index is 797. The largest absolute Gasteiger partial charge is 0.304 e. The molecule has 0 unspecified atom stereocenters. The molecule has 0 amide bonds. The summed E-state index contributed by atoms with van der Waals surface area (Å²) in [5.74, 6) is 0.554. The lowest BCUT2D eigenvalue weighted by Gasteiger charge is -2.38. The summed E-state index contributed by atoms with van der Waals surface area (Å²) in [6.45, 7) is 9.12. The van der Waals surface area contributed by atoms with E-state index in [4.69, 9.17) is 11.6 Å². The predicted molar refractivity (Wildman–Crippen MR) is 112 cm³/mol. The molecule has 0 radical (unpaired) electrons. The number of hydrogen-bond donors (Lipinski definition) is 0. The van der Waals surface area contributed by atoms with E-state index in [1.807, 2.05) is 17.8 Å². The highest BCUT2D eigenvalue weighted by atomic mass is 35.5. The zero-order valence-electron chi connectivity index (χ0n) is 15.8. The summed E-state index contributed by atoms with van der Waals surface area (Å²) >= 11 is 8.24. The highest BCUT2D eigenvalue weighted by molar-refractivity contribution is 7.99. The van der Waals surface area contributed by atoms with Crippen LogP contribution < -0.4 is 0 Å². The van der Waals surface area contributed by atoms with Crippen molar-refractivity contribution in [3.05, 3.63) is 58.1 Å². The first-order chi connectivity index (χ1) is 12.5. The Balaban J connectivity index is 1.78. The van der Waals surface area contributed by atoms with E-state index in [9.17, 15) is 0 Å². The summed E-state index contributed by atoms with van der Waals surface area (Å²) in [7, 11) is 2.22. The summed E-state index contributed by atoms with van der Waals surface area (Å²) in [6.07, 6.45) is 1.04. The van der Waals surface area contributed by atoms with Crippen molar-refractivity contribution in [2.24, 2.45) is 0 Å². The molecule has 0 N–H and O–H groups in total. The smallest absolute Gasteiger partial charge is 0.0409 e. The van der Waals surface area contributed by atoms with Gasteiger partial charge in [0.1, 0.15) is 0 Å². The summed E-state index contributed by atoms with van der Waals surface area (Å²) in [5.41, 5.74) is 4.32. The van der Waals surface area contributed by atoms with Gasteiger partial charge in [-0.15, -0.1) is 0 Å². The number of likely N-dealkylation sites (N-methyl/N-ethyl adjacent to an activating group) is 1. The minimum Gasteiger partial charge on any atom is -0.304 e. The van der Waals surface area contributed by atoms with Crippen molar-refractivity contribution in [2.45, 2.75) is 42.0 Å². The molecule has 2 aromatic rings. The third-order valence-corrected chi connectivity index (χ3v) is 7.14. The molecule has 1 atom stereocenters. The highest BCUT2D eigenvalue weighted by Crippen LogP contribution is 2.44. The fourth-order valence-electron chi connectivity index (χ4n) is 3.98. The van der Waals surface area contributed by atoms with E-state index in [1.165, 1.54) is 26.5 Å². The Morgan fingerprint density at radius 2 is 1.73 bits per heavy atom. The van der Waals surface area contributed by atoms with Gasteiger partial charge in [0, 0.05) is 47.0 Å². The summed E-state index contributed by atoms with van der Waals surface area (Å²) in [4.78, 5) is 7.86. The van der Waals surface area contributed by atoms with Crippen LogP contribution in [0.3, 0.4) is 0 Å². The van der Waals surface area contributed by atoms with Crippen molar-refractivity contribution in [3.8, 4) is 0 Å². The summed E-state index contributed by atoms with van der Waals surface area (Å²) in [6, 6.07) is 13.9. The van der Waals surface area contributed by atoms with Crippen LogP contribution in [0.4, 0.5) is 0 Å². The summed E-state index contributed by atoms with van der Waals surface area (Å²) < 4.78 is 0. The zero-order chi connectivity index (χ0) is 18.3. The maximum absolute atomic E-state index is 6.33. The molecule has 2 aromatic carbocycles. The van der Waals surface area contributed by atoms with Crippen molar-refractivity contribution in [1.29, 1.82) is 0 Å². The SMILES string of the molecule is CC(C)c1ccc2c(c1)[C@H](N1CCN(C)CC1)Cc1cc(Cl)ccc1S2. The molecule has 2 nitrogen and oxygen atoms in total. The molecule has 0 spiro atoms. The van der Waals surface area contributed by atoms with Gasteiger partial charge in [0.05, 0.1) is 0 Å². The Labute approximate surface area is 166 Å². The van der Waals surface area contributed by atoms with Crippen LogP contribution in [-0.4, -0.2) is 43.0 Å². The topological polar surface area (TPSA) is 6.48 Å². The van der Waals surface area contributed by atoms with E-state index in [-0.39, 0.29) is 0 Å². The molecule has 0 bridgehead atoms. The molecule has 2 aliphatic rings. The van der Waals surface area contributed by atoms with Crippen LogP contribution >= 0.6 is 23.4 Å². The normalized spacial score (nSPS) is 21.3. The Kier molecular flexibility index (Phi) is 5.34. The van der Waals surface area contributed by atoms with Gasteiger partial charge >= 0.3 is 0 Å². The molecule has 0 aromatic heterocycles. The molecular weight excluding hydrogens is 360 g/mol. The van der Waals surface area contributed by atoms with Crippen molar-refractivity contribution >= 4 is 23.4 Å². The van der Waals surface area contributed by atoms with Gasteiger partial charge in [0.2, 0.25) is 0 Å². The number of rotatable bonds is 2. The minimum absolute atomic E-state index is 0.435. The lowest BCUT2D eigenvalue weighted by Crippen LogP contribution is -2.46. The van der Waals surface area contributed by atoms with Gasteiger partial charge in [0.15, 0.2) is 0 Å². The zero-order valence-corrected chi connectivity index (χ0v) is 17.4. The molecule has 0 aliphatic carbocycles. The van der Waals surface area contributed by atoms with Crippen LogP contribution in [0.25, 0.3) is 0 Å². The van der Waals surface area contributed by atoms with E-state index in [2.05, 4.69) is 61.0 Å². The van der Waals surface area contributed by atoms with Crippen LogP contribution in [0, 0.1) is 0 Å². The van der Waals surface area contributed by atoms with Crippen LogP contribution in [0.2, 0.25) is 5.02 Å². The number of benzene rings is 2. The van der Waals surface area contributed by atoms with E-state index in [1.54, 1.807) is 0 Å². The van der Waals surface area contributed by atoms with Crippen LogP contribution in [-0.2, 0) is 6.42 Å². The molecular formula is C22H27ClN2S. The van der Waals surface area contributed by atoms with E-state index < -0.39 is 0 Å². The third-order valence-electron chi connectivity index (χ3n) is 5.69. The average molecular weight is 387 g/mol. The van der Waals surface area contributed by atoms with Crippen LogP contribution in [0.15, 0.2) is 46.2 Å². The van der Waals surface area contributed by atoms with Crippen molar-refractivity contribution in [1.82, 2.24) is 9.80 Å². The number of fused-ring (bicyclic) bond motifs is 2. The van der Waals surface area contributed by atoms with E-state index >= 15 is 0 Å². The molecule has 4 heteroatoms. The standard InChI is InChI=1S/C22H27ClN2S/c1-15(2)16-4-6-22-19(13-16)20(25-10-8-24(3)9-11-25)14-17-12-18(23)5-7-21(17)26-22/h4-7,12-13,15,20H,8-11,14H2,1-3H3/t20-/m1/s1. The fraction of sp³-hybridized carbons (Fsp3) is 0.455. The average Bonchev–Trinajstić information content (AvgIpc) is 2.78. The molecule has 1 fully saturated rings. The Morgan fingerprint density at radius 3 is 2.46 bits per heavy atom. The molecule has 2 heterocycles. The second kappa shape index (κ2) is 7.55. The van der Waals surface area contributed by atoms with Gasteiger partial charge in [-0.05, 0) is 60.3 Å². The lowest BCUT2D eigenvalue weighted by molar-refractivity contribution is 0.110. The van der Waals surface area contributed by atoms with Gasteiger partial charge in [0.25, 0.3) is 0 Å². The van der Waals surface area contributed by atoms with Gasteiger partial charge in [-0.25, -0.2) is 0 Å². The fourth-order valence-corrected chi connectivity index (χ4v) is 5.27. The first-order valence-corrected chi connectivity index (χ1v) is 10.7. The molecule has 138 valence electrons. The third kappa shape index (κ3) is 3.68. The number of piperazine rings is 1. The summed E-state index contributed by atoms with van der Waals surface area (Å²) in [5, 5.41) is 0.843. The Morgan fingerprint density at radius 1 is 1.00 bits per heavy atom. The molecule has 1 saturated heterocycles. The number of halogens is 1. The minimum atomic E-state index is 0.435. The maximum Gasteiger partial charge on any atom is 0.0409 e. The first kappa shape index (κ1) is 18.4. The van der Waals surface area contributed by atoms with Crippen molar-refractivity contribution in [3.63, 3.8) is 0 Å². The number of nitrogens with zero attached hydrogens (tertiary/aromatic N) is 2. The Hall–Kier alpha value is -1.000. The van der Waals surface area contributed by atoms with E-state index in [0.717, 1.165) is 37.6 Å². The molecule has 26 heavy (non-hydrogen) atoms. The quantitative estimate of drug-likeness (QED) is 0.676. The van der Waals surface area contributed by atoms with E-state index in [0.29, 0.717) is 12.0 Å². The number of hydrogen-bond acceptors (Lipinski definition) is 3. The predicted octanol–water partition coefficient (Wildman–Crippen LogP) is 5.46. The first-order valence-electron chi connectivity index (χ1n) is 9.54. The molecule has 4 rings (SSSR count). The van der Waals surface area contributed by atoms with Gasteiger partial charge in [-0.2, -0.15) is 0 Å². The van der Waals surface area contributed by atoms with Gasteiger partial charge in [-0.1, -0.05) is 49.3 Å². The second-order valence-corrected chi connectivity index (χ2v) is 9.39. The van der Waals surface area contributed by atoms with Gasteiger partial charge in [-0.3, -0.25) is 4.90 Å². The monoisotopic (exact) mass is 386 g/mol. The highest BCUT2D eigenvalue weighted by Gasteiger charge is 2.29. The van der Waals surface area contributed by atoms with Crippen molar-refractivity contribution < 1.29 is 0 Å². The van der Waals surface area contributed by atoms with Gasteiger partial charge < -0.3 is 4.90 Å². The molecule has 2 aliphatic heterocycles. The van der Waals surface area contributed by atoms with Crippen LogP contribution in [0.5, 0.6) is 0 Å². The maximum atomic E-state index is 6.33. The van der Waals surface area contributed by atoms with Crippen LogP contribution in [0.1, 0.15) is 42.5 Å². The van der Waals surface area contributed by atoms with Crippen molar-refractivity contribution in [2.75, 3.05) is 33.2 Å². The lowest BCUT2D eigenvalue weighted by atomic mass is 9.93. The molecule has 0 saturated carbocycles. The second-order valence-electron chi connectivity index (χ2n) is 7.87.